The van der Waals surface area contributed by atoms with Gasteiger partial charge in [-0.3, -0.25) is 0 Å². The SMILES string of the molecule is Cc1sc2nc(Cl)nc(N3CCc4ccccc4C3)c2c1-c1ccc(Br)cc1. The molecule has 3 heterocycles. The van der Waals surface area contributed by atoms with Crippen LogP contribution in [-0.4, -0.2) is 16.5 Å². The molecule has 2 aromatic heterocycles. The van der Waals surface area contributed by atoms with Crippen molar-refractivity contribution in [2.45, 2.75) is 19.9 Å². The number of rotatable bonds is 2. The molecule has 0 fully saturated rings. The van der Waals surface area contributed by atoms with Crippen LogP contribution in [-0.2, 0) is 13.0 Å². The Balaban J connectivity index is 1.70. The Morgan fingerprint density at radius 3 is 2.57 bits per heavy atom. The fourth-order valence-electron chi connectivity index (χ4n) is 3.94. The molecule has 0 spiro atoms. The zero-order valence-corrected chi connectivity index (χ0v) is 18.4. The normalized spacial score (nSPS) is 13.8. The standard InChI is InChI=1S/C22H17BrClN3S/c1-13-18(15-6-8-17(23)9-7-15)19-20(25-22(24)26-21(19)28-13)27-11-10-14-4-2-3-5-16(14)12-27/h2-9H,10-12H2,1H3. The van der Waals surface area contributed by atoms with E-state index in [0.29, 0.717) is 5.28 Å². The summed E-state index contributed by atoms with van der Waals surface area (Å²) in [6, 6.07) is 17.1. The molecule has 0 atom stereocenters. The first-order chi connectivity index (χ1) is 13.6. The Hall–Kier alpha value is -1.95. The summed E-state index contributed by atoms with van der Waals surface area (Å²) in [5.74, 6) is 0.937. The van der Waals surface area contributed by atoms with E-state index in [1.165, 1.54) is 27.1 Å². The zero-order valence-electron chi connectivity index (χ0n) is 15.2. The Morgan fingerprint density at radius 1 is 1.04 bits per heavy atom. The van der Waals surface area contributed by atoms with Crippen molar-refractivity contribution in [1.82, 2.24) is 9.97 Å². The second kappa shape index (κ2) is 7.14. The van der Waals surface area contributed by atoms with E-state index >= 15 is 0 Å². The lowest BCUT2D eigenvalue weighted by atomic mass is 9.99. The van der Waals surface area contributed by atoms with Crippen molar-refractivity contribution in [3.63, 3.8) is 0 Å². The fourth-order valence-corrected chi connectivity index (χ4v) is 5.46. The van der Waals surface area contributed by atoms with E-state index in [1.807, 2.05) is 0 Å². The van der Waals surface area contributed by atoms with Gasteiger partial charge in [0.1, 0.15) is 10.6 Å². The van der Waals surface area contributed by atoms with Gasteiger partial charge in [-0.15, -0.1) is 11.3 Å². The second-order valence-electron chi connectivity index (χ2n) is 6.98. The summed E-state index contributed by atoms with van der Waals surface area (Å²) in [5.41, 5.74) is 5.16. The highest BCUT2D eigenvalue weighted by Gasteiger charge is 2.24. The first-order valence-corrected chi connectivity index (χ1v) is 11.1. The maximum Gasteiger partial charge on any atom is 0.225 e. The molecule has 0 saturated carbocycles. The predicted octanol–water partition coefficient (Wildman–Crippen LogP) is 6.65. The Kier molecular flexibility index (Phi) is 4.62. The van der Waals surface area contributed by atoms with Crippen LogP contribution in [0.1, 0.15) is 16.0 Å². The number of benzene rings is 2. The summed E-state index contributed by atoms with van der Waals surface area (Å²) in [5, 5.41) is 1.42. The molecule has 0 bridgehead atoms. The van der Waals surface area contributed by atoms with Gasteiger partial charge in [0.2, 0.25) is 5.28 Å². The number of hydrogen-bond acceptors (Lipinski definition) is 4. The number of anilines is 1. The van der Waals surface area contributed by atoms with Gasteiger partial charge in [-0.2, -0.15) is 4.98 Å². The highest BCUT2D eigenvalue weighted by molar-refractivity contribution is 9.10. The van der Waals surface area contributed by atoms with Crippen molar-refractivity contribution in [2.75, 3.05) is 11.4 Å². The lowest BCUT2D eigenvalue weighted by Gasteiger charge is -2.30. The minimum absolute atomic E-state index is 0.310. The number of halogens is 2. The fraction of sp³-hybridized carbons (Fsp3) is 0.182. The number of hydrogen-bond donors (Lipinski definition) is 0. The van der Waals surface area contributed by atoms with E-state index in [-0.39, 0.29) is 0 Å². The lowest BCUT2D eigenvalue weighted by Crippen LogP contribution is -2.31. The van der Waals surface area contributed by atoms with E-state index in [4.69, 9.17) is 16.6 Å². The first-order valence-electron chi connectivity index (χ1n) is 9.14. The van der Waals surface area contributed by atoms with Crippen molar-refractivity contribution in [2.24, 2.45) is 0 Å². The summed E-state index contributed by atoms with van der Waals surface area (Å²) < 4.78 is 1.07. The van der Waals surface area contributed by atoms with Crippen molar-refractivity contribution < 1.29 is 0 Å². The lowest BCUT2D eigenvalue weighted by molar-refractivity contribution is 0.723. The van der Waals surface area contributed by atoms with Gasteiger partial charge in [-0.25, -0.2) is 4.98 Å². The molecule has 5 rings (SSSR count). The predicted molar refractivity (Wildman–Crippen MR) is 121 cm³/mol. The van der Waals surface area contributed by atoms with Gasteiger partial charge >= 0.3 is 0 Å². The quantitative estimate of drug-likeness (QED) is 0.307. The van der Waals surface area contributed by atoms with Crippen molar-refractivity contribution >= 4 is 54.9 Å². The summed E-state index contributed by atoms with van der Waals surface area (Å²) in [6.45, 7) is 3.91. The maximum absolute atomic E-state index is 6.32. The summed E-state index contributed by atoms with van der Waals surface area (Å²) in [6.07, 6.45) is 1.01. The van der Waals surface area contributed by atoms with Crippen LogP contribution in [0.5, 0.6) is 0 Å². The molecule has 3 nitrogen and oxygen atoms in total. The molecule has 0 saturated heterocycles. The van der Waals surface area contributed by atoms with E-state index in [0.717, 1.165) is 40.0 Å². The smallest absolute Gasteiger partial charge is 0.225 e. The number of aryl methyl sites for hydroxylation is 1. The topological polar surface area (TPSA) is 29.0 Å². The van der Waals surface area contributed by atoms with E-state index in [1.54, 1.807) is 11.3 Å². The monoisotopic (exact) mass is 469 g/mol. The van der Waals surface area contributed by atoms with Gasteiger partial charge in [0, 0.05) is 28.0 Å². The van der Waals surface area contributed by atoms with Crippen LogP contribution in [0.4, 0.5) is 5.82 Å². The van der Waals surface area contributed by atoms with Crippen LogP contribution in [0.3, 0.4) is 0 Å². The molecule has 0 aliphatic carbocycles. The average Bonchev–Trinajstić information content (AvgIpc) is 3.03. The Morgan fingerprint density at radius 2 is 1.79 bits per heavy atom. The molecule has 1 aliphatic rings. The van der Waals surface area contributed by atoms with E-state index < -0.39 is 0 Å². The minimum atomic E-state index is 0.310. The number of fused-ring (bicyclic) bond motifs is 2. The molecule has 1 aliphatic heterocycles. The average molecular weight is 471 g/mol. The highest BCUT2D eigenvalue weighted by Crippen LogP contribution is 2.43. The van der Waals surface area contributed by atoms with Crippen LogP contribution < -0.4 is 4.90 Å². The van der Waals surface area contributed by atoms with Crippen molar-refractivity contribution in [3.05, 3.63) is 74.3 Å². The van der Waals surface area contributed by atoms with Crippen LogP contribution in [0.15, 0.2) is 53.0 Å². The van der Waals surface area contributed by atoms with Gasteiger partial charge in [-0.05, 0) is 53.8 Å². The maximum atomic E-state index is 6.32. The number of thiophene rings is 1. The van der Waals surface area contributed by atoms with Gasteiger partial charge in [-0.1, -0.05) is 52.3 Å². The molecule has 0 radical (unpaired) electrons. The van der Waals surface area contributed by atoms with Gasteiger partial charge in [0.25, 0.3) is 0 Å². The molecule has 0 N–H and O–H groups in total. The Labute approximate surface area is 181 Å². The third kappa shape index (κ3) is 3.11. The molecule has 140 valence electrons. The largest absolute Gasteiger partial charge is 0.351 e. The van der Waals surface area contributed by atoms with Gasteiger partial charge in [0.15, 0.2) is 0 Å². The molecular formula is C22H17BrClN3S. The van der Waals surface area contributed by atoms with Crippen molar-refractivity contribution in [1.29, 1.82) is 0 Å². The van der Waals surface area contributed by atoms with Gasteiger partial charge < -0.3 is 4.90 Å². The summed E-state index contributed by atoms with van der Waals surface area (Å²) in [4.78, 5) is 13.7. The molecule has 0 unspecified atom stereocenters. The third-order valence-electron chi connectivity index (χ3n) is 5.24. The second-order valence-corrected chi connectivity index (χ2v) is 9.43. The minimum Gasteiger partial charge on any atom is -0.351 e. The molecule has 28 heavy (non-hydrogen) atoms. The van der Waals surface area contributed by atoms with E-state index in [2.05, 4.69) is 81.3 Å². The number of nitrogens with zero attached hydrogens (tertiary/aromatic N) is 3. The molecule has 0 amide bonds. The molecule has 6 heteroatoms. The first kappa shape index (κ1) is 18.1. The third-order valence-corrected chi connectivity index (χ3v) is 6.94. The van der Waals surface area contributed by atoms with E-state index in [9.17, 15) is 0 Å². The van der Waals surface area contributed by atoms with Crippen LogP contribution in [0.2, 0.25) is 5.28 Å². The molecule has 2 aromatic carbocycles. The summed E-state index contributed by atoms with van der Waals surface area (Å²) in [7, 11) is 0. The Bertz CT molecular complexity index is 1190. The van der Waals surface area contributed by atoms with Crippen LogP contribution in [0, 0.1) is 6.92 Å². The molecule has 4 aromatic rings. The van der Waals surface area contributed by atoms with Crippen LogP contribution in [0.25, 0.3) is 21.3 Å². The zero-order chi connectivity index (χ0) is 19.3. The number of aromatic nitrogens is 2. The summed E-state index contributed by atoms with van der Waals surface area (Å²) >= 11 is 11.5. The van der Waals surface area contributed by atoms with Crippen LogP contribution >= 0.6 is 38.9 Å². The van der Waals surface area contributed by atoms with Crippen molar-refractivity contribution in [3.8, 4) is 11.1 Å². The van der Waals surface area contributed by atoms with Gasteiger partial charge in [0.05, 0.1) is 5.39 Å². The molecular weight excluding hydrogens is 454 g/mol. The highest BCUT2D eigenvalue weighted by atomic mass is 79.9.